The van der Waals surface area contributed by atoms with Crippen LogP contribution in [0.15, 0.2) is 40.6 Å². The molecule has 0 spiro atoms. The van der Waals surface area contributed by atoms with Crippen molar-refractivity contribution in [2.24, 2.45) is 9.98 Å². The maximum atomic E-state index is 9.00. The second-order valence-corrected chi connectivity index (χ2v) is 3.86. The maximum absolute atomic E-state index is 9.00. The van der Waals surface area contributed by atoms with E-state index in [1.54, 1.807) is 29.4 Å². The van der Waals surface area contributed by atoms with Crippen molar-refractivity contribution < 1.29 is 0 Å². The van der Waals surface area contributed by atoms with Crippen LogP contribution in [0.4, 0.5) is 0 Å². The second-order valence-electron chi connectivity index (χ2n) is 3.86. The zero-order valence-electron chi connectivity index (χ0n) is 11.1. The van der Waals surface area contributed by atoms with Gasteiger partial charge in [-0.2, -0.15) is 10.4 Å². The Morgan fingerprint density at radius 2 is 2.42 bits per heavy atom. The Bertz CT molecular complexity index is 543. The Morgan fingerprint density at radius 1 is 1.63 bits per heavy atom. The van der Waals surface area contributed by atoms with Gasteiger partial charge in [-0.3, -0.25) is 9.98 Å². The molecular weight excluding hydrogens is 238 g/mol. The zero-order chi connectivity index (χ0) is 14.1. The summed E-state index contributed by atoms with van der Waals surface area (Å²) in [5.74, 6) is 0. The molecule has 0 aliphatic heterocycles. The molecule has 5 heteroatoms. The van der Waals surface area contributed by atoms with E-state index in [-0.39, 0.29) is 0 Å². The van der Waals surface area contributed by atoms with Crippen LogP contribution in [0.25, 0.3) is 0 Å². The first-order chi connectivity index (χ1) is 9.24. The van der Waals surface area contributed by atoms with Crippen LogP contribution < -0.4 is 0 Å². The Balaban J connectivity index is 2.76. The van der Waals surface area contributed by atoms with Crippen LogP contribution in [0.5, 0.6) is 0 Å². The highest BCUT2D eigenvalue weighted by Crippen LogP contribution is 2.08. The number of aryl methyl sites for hydroxylation is 1. The van der Waals surface area contributed by atoms with E-state index in [4.69, 9.17) is 5.26 Å². The Hall–Kier alpha value is -2.48. The minimum absolute atomic E-state index is 0.362. The van der Waals surface area contributed by atoms with E-state index in [1.807, 2.05) is 0 Å². The van der Waals surface area contributed by atoms with Crippen molar-refractivity contribution >= 4 is 12.9 Å². The number of aliphatic imine (C=N–C) groups is 2. The SMILES string of the molecule is C=C/C(C=NCn1cc(C#N)c(CCC)n1)=C/N=C. The van der Waals surface area contributed by atoms with Gasteiger partial charge in [0.2, 0.25) is 0 Å². The molecule has 0 amide bonds. The van der Waals surface area contributed by atoms with E-state index in [2.05, 4.69) is 41.4 Å². The molecular formula is C14H17N5. The summed E-state index contributed by atoms with van der Waals surface area (Å²) in [6, 6.07) is 2.15. The Labute approximate surface area is 113 Å². The average Bonchev–Trinajstić information content (AvgIpc) is 2.80. The molecule has 0 atom stereocenters. The lowest BCUT2D eigenvalue weighted by molar-refractivity contribution is 0.628. The van der Waals surface area contributed by atoms with Crippen LogP contribution in [0.2, 0.25) is 0 Å². The van der Waals surface area contributed by atoms with Crippen molar-refractivity contribution in [3.05, 3.63) is 41.9 Å². The maximum Gasteiger partial charge on any atom is 0.131 e. The van der Waals surface area contributed by atoms with Gasteiger partial charge in [0.25, 0.3) is 0 Å². The van der Waals surface area contributed by atoms with Crippen molar-refractivity contribution in [2.45, 2.75) is 26.4 Å². The molecule has 5 nitrogen and oxygen atoms in total. The number of hydrogen-bond acceptors (Lipinski definition) is 4. The van der Waals surface area contributed by atoms with Gasteiger partial charge in [-0.1, -0.05) is 26.0 Å². The van der Waals surface area contributed by atoms with Gasteiger partial charge in [0, 0.05) is 24.2 Å². The molecule has 98 valence electrons. The van der Waals surface area contributed by atoms with E-state index < -0.39 is 0 Å². The van der Waals surface area contributed by atoms with Crippen LogP contribution in [-0.4, -0.2) is 22.7 Å². The molecule has 0 fully saturated rings. The van der Waals surface area contributed by atoms with Crippen LogP contribution >= 0.6 is 0 Å². The van der Waals surface area contributed by atoms with Crippen LogP contribution in [-0.2, 0) is 13.1 Å². The Kier molecular flexibility index (Phi) is 5.96. The van der Waals surface area contributed by atoms with Gasteiger partial charge >= 0.3 is 0 Å². The highest BCUT2D eigenvalue weighted by Gasteiger charge is 2.06. The quantitative estimate of drug-likeness (QED) is 0.555. The summed E-state index contributed by atoms with van der Waals surface area (Å²) >= 11 is 0. The standard InChI is InChI=1S/C14H17N5/c1-4-6-14-13(7-15)10-19(18-14)11-17-9-12(5-2)8-16-3/h5,8-10H,2-4,6,11H2,1H3/b12-8-,17-9?. The van der Waals surface area contributed by atoms with Gasteiger partial charge < -0.3 is 0 Å². The predicted molar refractivity (Wildman–Crippen MR) is 77.3 cm³/mol. The fourth-order valence-corrected chi connectivity index (χ4v) is 1.52. The third-order valence-corrected chi connectivity index (χ3v) is 2.39. The number of aromatic nitrogens is 2. The van der Waals surface area contributed by atoms with E-state index in [1.165, 1.54) is 0 Å². The van der Waals surface area contributed by atoms with E-state index in [0.717, 1.165) is 24.1 Å². The molecule has 0 bridgehead atoms. The summed E-state index contributed by atoms with van der Waals surface area (Å²) in [5, 5.41) is 13.3. The minimum atomic E-state index is 0.362. The number of allylic oxidation sites excluding steroid dienone is 2. The van der Waals surface area contributed by atoms with Crippen LogP contribution in [0.3, 0.4) is 0 Å². The molecule has 0 aromatic carbocycles. The first-order valence-corrected chi connectivity index (χ1v) is 5.99. The van der Waals surface area contributed by atoms with Crippen molar-refractivity contribution in [2.75, 3.05) is 0 Å². The lowest BCUT2D eigenvalue weighted by Crippen LogP contribution is -1.98. The lowest BCUT2D eigenvalue weighted by Gasteiger charge is -1.95. The second kappa shape index (κ2) is 7.77. The number of nitriles is 1. The molecule has 0 unspecified atom stereocenters. The topological polar surface area (TPSA) is 66.3 Å². The predicted octanol–water partition coefficient (Wildman–Crippen LogP) is 2.51. The molecule has 1 aromatic rings. The fraction of sp³-hybridized carbons (Fsp3) is 0.286. The highest BCUT2D eigenvalue weighted by molar-refractivity contribution is 5.81. The highest BCUT2D eigenvalue weighted by atomic mass is 15.3. The zero-order valence-corrected chi connectivity index (χ0v) is 11.1. The summed E-state index contributed by atoms with van der Waals surface area (Å²) in [6.45, 7) is 9.44. The van der Waals surface area contributed by atoms with Crippen LogP contribution in [0.1, 0.15) is 24.6 Å². The molecule has 0 aliphatic rings. The van der Waals surface area contributed by atoms with Crippen LogP contribution in [0, 0.1) is 11.3 Å². The summed E-state index contributed by atoms with van der Waals surface area (Å²) in [6.07, 6.45) is 8.34. The number of rotatable bonds is 7. The van der Waals surface area contributed by atoms with E-state index in [0.29, 0.717) is 12.2 Å². The molecule has 0 N–H and O–H groups in total. The van der Waals surface area contributed by atoms with Crippen molar-refractivity contribution in [1.29, 1.82) is 5.26 Å². The average molecular weight is 255 g/mol. The van der Waals surface area contributed by atoms with Crippen molar-refractivity contribution in [3.63, 3.8) is 0 Å². The summed E-state index contributed by atoms with van der Waals surface area (Å²) < 4.78 is 1.65. The third kappa shape index (κ3) is 4.36. The molecule has 0 radical (unpaired) electrons. The summed E-state index contributed by atoms with van der Waals surface area (Å²) in [7, 11) is 0. The fourth-order valence-electron chi connectivity index (χ4n) is 1.52. The first kappa shape index (κ1) is 14.6. The van der Waals surface area contributed by atoms with Gasteiger partial charge in [0.1, 0.15) is 12.7 Å². The molecule has 0 saturated carbocycles. The third-order valence-electron chi connectivity index (χ3n) is 2.39. The van der Waals surface area contributed by atoms with Gasteiger partial charge in [-0.15, -0.1) is 0 Å². The molecule has 1 heterocycles. The van der Waals surface area contributed by atoms with E-state index in [9.17, 15) is 0 Å². The summed E-state index contributed by atoms with van der Waals surface area (Å²) in [5.41, 5.74) is 2.22. The normalized spacial score (nSPS) is 11.5. The monoisotopic (exact) mass is 255 g/mol. The summed E-state index contributed by atoms with van der Waals surface area (Å²) in [4.78, 5) is 7.87. The van der Waals surface area contributed by atoms with Gasteiger partial charge in [0.05, 0.1) is 11.3 Å². The van der Waals surface area contributed by atoms with Crippen molar-refractivity contribution in [3.8, 4) is 6.07 Å². The molecule has 0 saturated heterocycles. The molecule has 1 aromatic heterocycles. The number of hydrogen-bond donors (Lipinski definition) is 0. The van der Waals surface area contributed by atoms with Gasteiger partial charge in [-0.25, -0.2) is 4.68 Å². The smallest absolute Gasteiger partial charge is 0.131 e. The van der Waals surface area contributed by atoms with Crippen molar-refractivity contribution in [1.82, 2.24) is 9.78 Å². The molecule has 1 rings (SSSR count). The molecule has 0 aliphatic carbocycles. The van der Waals surface area contributed by atoms with Gasteiger partial charge in [0.15, 0.2) is 0 Å². The molecule has 19 heavy (non-hydrogen) atoms. The minimum Gasteiger partial charge on any atom is -0.272 e. The number of nitrogens with zero attached hydrogens (tertiary/aromatic N) is 5. The first-order valence-electron chi connectivity index (χ1n) is 5.99. The lowest BCUT2D eigenvalue weighted by atomic mass is 10.2. The van der Waals surface area contributed by atoms with E-state index >= 15 is 0 Å². The largest absolute Gasteiger partial charge is 0.272 e. The Morgan fingerprint density at radius 3 is 3.00 bits per heavy atom. The van der Waals surface area contributed by atoms with Gasteiger partial charge in [-0.05, 0) is 13.1 Å².